The summed E-state index contributed by atoms with van der Waals surface area (Å²) in [4.78, 5) is 1.33. The van der Waals surface area contributed by atoms with Gasteiger partial charge in [0.25, 0.3) is 0 Å². The molecule has 2 rings (SSSR count). The minimum atomic E-state index is 0.522. The SMILES string of the molecule is Cc1cccc(SCCCOc2ccccc2CN)c1. The van der Waals surface area contributed by atoms with Crippen molar-refractivity contribution in [3.05, 3.63) is 59.7 Å². The smallest absolute Gasteiger partial charge is 0.123 e. The molecule has 20 heavy (non-hydrogen) atoms. The Balaban J connectivity index is 1.71. The first-order valence-corrected chi connectivity index (χ1v) is 7.88. The van der Waals surface area contributed by atoms with Crippen molar-refractivity contribution >= 4 is 11.8 Å². The van der Waals surface area contributed by atoms with Gasteiger partial charge < -0.3 is 10.5 Å². The molecule has 0 bridgehead atoms. The fourth-order valence-electron chi connectivity index (χ4n) is 1.95. The summed E-state index contributed by atoms with van der Waals surface area (Å²) in [6.45, 7) is 3.38. The summed E-state index contributed by atoms with van der Waals surface area (Å²) in [5.41, 5.74) is 8.06. The minimum absolute atomic E-state index is 0.522. The Morgan fingerprint density at radius 3 is 2.75 bits per heavy atom. The molecule has 0 aliphatic carbocycles. The molecule has 0 unspecified atom stereocenters. The van der Waals surface area contributed by atoms with E-state index in [0.29, 0.717) is 6.54 Å². The Morgan fingerprint density at radius 1 is 1.10 bits per heavy atom. The van der Waals surface area contributed by atoms with E-state index < -0.39 is 0 Å². The van der Waals surface area contributed by atoms with Gasteiger partial charge in [-0.15, -0.1) is 11.8 Å². The van der Waals surface area contributed by atoms with Gasteiger partial charge in [-0.25, -0.2) is 0 Å². The molecule has 0 spiro atoms. The lowest BCUT2D eigenvalue weighted by molar-refractivity contribution is 0.315. The number of hydrogen-bond acceptors (Lipinski definition) is 3. The van der Waals surface area contributed by atoms with E-state index in [4.69, 9.17) is 10.5 Å². The highest BCUT2D eigenvalue weighted by Gasteiger charge is 2.00. The monoisotopic (exact) mass is 287 g/mol. The van der Waals surface area contributed by atoms with Crippen molar-refractivity contribution in [3.63, 3.8) is 0 Å². The fraction of sp³-hybridized carbons (Fsp3) is 0.294. The first kappa shape index (κ1) is 14.9. The molecule has 2 aromatic rings. The van der Waals surface area contributed by atoms with Gasteiger partial charge in [-0.1, -0.05) is 35.9 Å². The Bertz CT molecular complexity index is 542. The highest BCUT2D eigenvalue weighted by Crippen LogP contribution is 2.21. The number of para-hydroxylation sites is 1. The summed E-state index contributed by atoms with van der Waals surface area (Å²) in [7, 11) is 0. The zero-order chi connectivity index (χ0) is 14.2. The zero-order valence-corrected chi connectivity index (χ0v) is 12.7. The van der Waals surface area contributed by atoms with Crippen LogP contribution in [0.5, 0.6) is 5.75 Å². The van der Waals surface area contributed by atoms with Crippen LogP contribution >= 0.6 is 11.8 Å². The minimum Gasteiger partial charge on any atom is -0.493 e. The molecule has 0 amide bonds. The van der Waals surface area contributed by atoms with Gasteiger partial charge in [-0.05, 0) is 31.5 Å². The van der Waals surface area contributed by atoms with Crippen LogP contribution in [-0.2, 0) is 6.54 Å². The molecule has 0 aliphatic rings. The molecule has 2 nitrogen and oxygen atoms in total. The lowest BCUT2D eigenvalue weighted by Gasteiger charge is -2.10. The van der Waals surface area contributed by atoms with E-state index in [2.05, 4.69) is 31.2 Å². The topological polar surface area (TPSA) is 35.2 Å². The number of hydrogen-bond donors (Lipinski definition) is 1. The van der Waals surface area contributed by atoms with Gasteiger partial charge in [0.2, 0.25) is 0 Å². The van der Waals surface area contributed by atoms with Crippen LogP contribution in [0.25, 0.3) is 0 Å². The average Bonchev–Trinajstić information content (AvgIpc) is 2.47. The summed E-state index contributed by atoms with van der Waals surface area (Å²) < 4.78 is 5.80. The van der Waals surface area contributed by atoms with E-state index in [1.807, 2.05) is 36.0 Å². The van der Waals surface area contributed by atoms with Crippen molar-refractivity contribution in [3.8, 4) is 5.75 Å². The van der Waals surface area contributed by atoms with Crippen molar-refractivity contribution in [1.29, 1.82) is 0 Å². The summed E-state index contributed by atoms with van der Waals surface area (Å²) in [5, 5.41) is 0. The lowest BCUT2D eigenvalue weighted by atomic mass is 10.2. The van der Waals surface area contributed by atoms with E-state index >= 15 is 0 Å². The Hall–Kier alpha value is -1.45. The quantitative estimate of drug-likeness (QED) is 0.617. The fourth-order valence-corrected chi connectivity index (χ4v) is 2.89. The van der Waals surface area contributed by atoms with E-state index in [0.717, 1.165) is 30.1 Å². The number of benzene rings is 2. The van der Waals surface area contributed by atoms with Gasteiger partial charge in [0.1, 0.15) is 5.75 Å². The van der Waals surface area contributed by atoms with Crippen LogP contribution in [0, 0.1) is 6.92 Å². The standard InChI is InChI=1S/C17H21NOS/c1-14-6-4-8-16(12-14)20-11-5-10-19-17-9-3-2-7-15(17)13-18/h2-4,6-9,12H,5,10-11,13,18H2,1H3. The van der Waals surface area contributed by atoms with Crippen molar-refractivity contribution in [2.24, 2.45) is 5.73 Å². The second kappa shape index (κ2) is 7.98. The molecule has 0 saturated heterocycles. The van der Waals surface area contributed by atoms with E-state index in [9.17, 15) is 0 Å². The normalized spacial score (nSPS) is 10.5. The number of nitrogens with two attached hydrogens (primary N) is 1. The number of ether oxygens (including phenoxy) is 1. The molecule has 0 aliphatic heterocycles. The third kappa shape index (κ3) is 4.58. The largest absolute Gasteiger partial charge is 0.493 e. The lowest BCUT2D eigenvalue weighted by Crippen LogP contribution is -2.04. The zero-order valence-electron chi connectivity index (χ0n) is 11.8. The van der Waals surface area contributed by atoms with E-state index in [1.165, 1.54) is 10.5 Å². The number of thioether (sulfide) groups is 1. The highest BCUT2D eigenvalue weighted by atomic mass is 32.2. The molecule has 2 N–H and O–H groups in total. The van der Waals surface area contributed by atoms with Crippen LogP contribution in [0.2, 0.25) is 0 Å². The Kier molecular flexibility index (Phi) is 5.96. The molecule has 0 saturated carbocycles. The van der Waals surface area contributed by atoms with Gasteiger partial charge in [0.15, 0.2) is 0 Å². The van der Waals surface area contributed by atoms with E-state index in [1.54, 1.807) is 0 Å². The summed E-state index contributed by atoms with van der Waals surface area (Å²) >= 11 is 1.87. The maximum absolute atomic E-state index is 5.80. The molecule has 0 atom stereocenters. The maximum atomic E-state index is 5.80. The number of rotatable bonds is 7. The van der Waals surface area contributed by atoms with Gasteiger partial charge in [0.05, 0.1) is 6.61 Å². The molecule has 0 fully saturated rings. The average molecular weight is 287 g/mol. The van der Waals surface area contributed by atoms with Crippen LogP contribution < -0.4 is 10.5 Å². The van der Waals surface area contributed by atoms with Crippen molar-refractivity contribution in [1.82, 2.24) is 0 Å². The molecule has 0 heterocycles. The molecule has 3 heteroatoms. The van der Waals surface area contributed by atoms with Crippen LogP contribution in [0.1, 0.15) is 17.5 Å². The summed E-state index contributed by atoms with van der Waals surface area (Å²) in [6, 6.07) is 16.6. The summed E-state index contributed by atoms with van der Waals surface area (Å²) in [5.74, 6) is 1.98. The van der Waals surface area contributed by atoms with E-state index in [-0.39, 0.29) is 0 Å². The van der Waals surface area contributed by atoms with Gasteiger partial charge in [0, 0.05) is 22.8 Å². The van der Waals surface area contributed by atoms with Crippen molar-refractivity contribution < 1.29 is 4.74 Å². The van der Waals surface area contributed by atoms with Crippen LogP contribution in [0.4, 0.5) is 0 Å². The van der Waals surface area contributed by atoms with Crippen LogP contribution in [-0.4, -0.2) is 12.4 Å². The first-order valence-electron chi connectivity index (χ1n) is 6.90. The molecular weight excluding hydrogens is 266 g/mol. The number of aryl methyl sites for hydroxylation is 1. The molecule has 0 radical (unpaired) electrons. The van der Waals surface area contributed by atoms with Gasteiger partial charge in [-0.3, -0.25) is 0 Å². The summed E-state index contributed by atoms with van der Waals surface area (Å²) in [6.07, 6.45) is 1.03. The van der Waals surface area contributed by atoms with Gasteiger partial charge >= 0.3 is 0 Å². The second-order valence-electron chi connectivity index (χ2n) is 4.68. The molecule has 0 aromatic heterocycles. The van der Waals surface area contributed by atoms with Crippen molar-refractivity contribution in [2.75, 3.05) is 12.4 Å². The molecule has 106 valence electrons. The van der Waals surface area contributed by atoms with Gasteiger partial charge in [-0.2, -0.15) is 0 Å². The third-order valence-electron chi connectivity index (χ3n) is 3.00. The Morgan fingerprint density at radius 2 is 1.95 bits per heavy atom. The van der Waals surface area contributed by atoms with Crippen molar-refractivity contribution in [2.45, 2.75) is 24.8 Å². The first-order chi connectivity index (χ1) is 9.79. The third-order valence-corrected chi connectivity index (χ3v) is 4.08. The predicted octanol–water partition coefficient (Wildman–Crippen LogP) is 4.01. The molecule has 2 aromatic carbocycles. The molecular formula is C17H21NOS. The Labute approximate surface area is 125 Å². The van der Waals surface area contributed by atoms with Crippen LogP contribution in [0.3, 0.4) is 0 Å². The highest BCUT2D eigenvalue weighted by molar-refractivity contribution is 7.99. The maximum Gasteiger partial charge on any atom is 0.123 e. The predicted molar refractivity (Wildman–Crippen MR) is 86.3 cm³/mol. The second-order valence-corrected chi connectivity index (χ2v) is 5.85. The van der Waals surface area contributed by atoms with Crippen LogP contribution in [0.15, 0.2) is 53.4 Å².